The molecule has 3 nitrogen and oxygen atoms in total. The molecule has 0 heterocycles. The van der Waals surface area contributed by atoms with Gasteiger partial charge in [0, 0.05) is 24.7 Å². The molecule has 110 valence electrons. The van der Waals surface area contributed by atoms with Crippen LogP contribution in [0.3, 0.4) is 0 Å². The molecule has 0 aliphatic heterocycles. The van der Waals surface area contributed by atoms with E-state index in [9.17, 15) is 18.0 Å². The Morgan fingerprint density at radius 3 is 2.25 bits per heavy atom. The summed E-state index contributed by atoms with van der Waals surface area (Å²) in [6.07, 6.45) is -1.43. The lowest BCUT2D eigenvalue weighted by Gasteiger charge is -2.37. The molecule has 2 N–H and O–H groups in total. The molecule has 0 spiro atoms. The fourth-order valence-electron chi connectivity index (χ4n) is 2.26. The number of amides is 1. The zero-order chi connectivity index (χ0) is 14.8. The Kier molecular flexibility index (Phi) is 4.32. The van der Waals surface area contributed by atoms with Crippen LogP contribution in [-0.4, -0.2) is 29.9 Å². The number of alkyl halides is 3. The third-order valence-corrected chi connectivity index (χ3v) is 3.61. The second kappa shape index (κ2) is 5.83. The number of nitrogens with zero attached hydrogens (tertiary/aromatic N) is 1. The van der Waals surface area contributed by atoms with Crippen molar-refractivity contribution in [2.24, 2.45) is 5.73 Å². The van der Waals surface area contributed by atoms with E-state index in [0.29, 0.717) is 13.1 Å². The molecule has 1 fully saturated rings. The number of hydrogen-bond donors (Lipinski definition) is 1. The summed E-state index contributed by atoms with van der Waals surface area (Å²) in [5.41, 5.74) is 5.03. The minimum absolute atomic E-state index is 0.174. The van der Waals surface area contributed by atoms with E-state index in [0.717, 1.165) is 31.4 Å². The minimum Gasteiger partial charge on any atom is -0.334 e. The molecular weight excluding hydrogens is 269 g/mol. The summed E-state index contributed by atoms with van der Waals surface area (Å²) in [4.78, 5) is 14.0. The van der Waals surface area contributed by atoms with E-state index < -0.39 is 11.7 Å². The Morgan fingerprint density at radius 2 is 1.85 bits per heavy atom. The highest BCUT2D eigenvalue weighted by atomic mass is 19.4. The monoisotopic (exact) mass is 286 g/mol. The molecule has 0 atom stereocenters. The van der Waals surface area contributed by atoms with Crippen molar-refractivity contribution in [2.45, 2.75) is 31.5 Å². The molecule has 20 heavy (non-hydrogen) atoms. The number of nitrogens with two attached hydrogens (primary N) is 1. The Morgan fingerprint density at radius 1 is 1.25 bits per heavy atom. The number of hydrogen-bond acceptors (Lipinski definition) is 2. The first-order valence-corrected chi connectivity index (χ1v) is 6.62. The van der Waals surface area contributed by atoms with Crippen molar-refractivity contribution in [2.75, 3.05) is 13.1 Å². The quantitative estimate of drug-likeness (QED) is 0.925. The Labute approximate surface area is 115 Å². The van der Waals surface area contributed by atoms with Gasteiger partial charge in [-0.1, -0.05) is 0 Å². The van der Waals surface area contributed by atoms with E-state index >= 15 is 0 Å². The van der Waals surface area contributed by atoms with Crippen molar-refractivity contribution in [3.05, 3.63) is 35.4 Å². The van der Waals surface area contributed by atoms with E-state index in [4.69, 9.17) is 5.73 Å². The fraction of sp³-hybridized carbons (Fsp3) is 0.500. The van der Waals surface area contributed by atoms with Crippen molar-refractivity contribution >= 4 is 5.91 Å². The van der Waals surface area contributed by atoms with E-state index in [2.05, 4.69) is 0 Å². The van der Waals surface area contributed by atoms with Crippen LogP contribution in [0.5, 0.6) is 0 Å². The molecule has 0 bridgehead atoms. The van der Waals surface area contributed by atoms with Crippen LogP contribution in [0.4, 0.5) is 13.2 Å². The third-order valence-electron chi connectivity index (χ3n) is 3.61. The van der Waals surface area contributed by atoms with Crippen molar-refractivity contribution < 1.29 is 18.0 Å². The van der Waals surface area contributed by atoms with Gasteiger partial charge in [-0.25, -0.2) is 0 Å². The summed E-state index contributed by atoms with van der Waals surface area (Å²) in [5.74, 6) is -0.242. The molecule has 0 radical (unpaired) electrons. The predicted molar refractivity (Wildman–Crippen MR) is 69.2 cm³/mol. The smallest absolute Gasteiger partial charge is 0.334 e. The van der Waals surface area contributed by atoms with Crippen LogP contribution in [0.1, 0.15) is 35.2 Å². The predicted octanol–water partition coefficient (Wildman–Crippen LogP) is 2.66. The Hall–Kier alpha value is -1.56. The molecule has 0 aromatic heterocycles. The van der Waals surface area contributed by atoms with Gasteiger partial charge in [-0.2, -0.15) is 13.2 Å². The molecule has 2 rings (SSSR count). The van der Waals surface area contributed by atoms with E-state index in [1.807, 2.05) is 0 Å². The van der Waals surface area contributed by atoms with Crippen LogP contribution in [0.2, 0.25) is 0 Å². The van der Waals surface area contributed by atoms with Crippen LogP contribution in [0.25, 0.3) is 0 Å². The molecule has 1 aromatic carbocycles. The van der Waals surface area contributed by atoms with Crippen molar-refractivity contribution in [3.8, 4) is 0 Å². The average Bonchev–Trinajstić information content (AvgIpc) is 2.34. The number of carbonyl (C=O) groups excluding carboxylic acids is 1. The SMILES string of the molecule is NCCN(C(=O)c1ccc(C(F)(F)F)cc1)C1CCC1. The van der Waals surface area contributed by atoms with E-state index in [-0.39, 0.29) is 17.5 Å². The summed E-state index contributed by atoms with van der Waals surface area (Å²) in [6, 6.07) is 4.51. The third kappa shape index (κ3) is 3.12. The highest BCUT2D eigenvalue weighted by Crippen LogP contribution is 2.30. The first-order chi connectivity index (χ1) is 9.43. The minimum atomic E-state index is -4.38. The van der Waals surface area contributed by atoms with E-state index in [1.54, 1.807) is 4.90 Å². The lowest BCUT2D eigenvalue weighted by molar-refractivity contribution is -0.137. The Bertz CT molecular complexity index is 466. The van der Waals surface area contributed by atoms with Gasteiger partial charge in [-0.15, -0.1) is 0 Å². The topological polar surface area (TPSA) is 46.3 Å². The van der Waals surface area contributed by atoms with E-state index in [1.165, 1.54) is 12.1 Å². The summed E-state index contributed by atoms with van der Waals surface area (Å²) >= 11 is 0. The van der Waals surface area contributed by atoms with Crippen LogP contribution in [-0.2, 0) is 6.18 Å². The van der Waals surface area contributed by atoms with Gasteiger partial charge in [0.1, 0.15) is 0 Å². The maximum Gasteiger partial charge on any atom is 0.416 e. The van der Waals surface area contributed by atoms with Gasteiger partial charge < -0.3 is 10.6 Å². The Balaban J connectivity index is 2.14. The summed E-state index contributed by atoms with van der Waals surface area (Å²) < 4.78 is 37.4. The molecule has 1 aromatic rings. The van der Waals surface area contributed by atoms with Gasteiger partial charge >= 0.3 is 6.18 Å². The van der Waals surface area contributed by atoms with Crippen LogP contribution >= 0.6 is 0 Å². The van der Waals surface area contributed by atoms with Gasteiger partial charge in [0.05, 0.1) is 5.56 Å². The molecule has 6 heteroatoms. The fourth-order valence-corrected chi connectivity index (χ4v) is 2.26. The second-order valence-corrected chi connectivity index (χ2v) is 4.95. The van der Waals surface area contributed by atoms with Crippen molar-refractivity contribution in [1.82, 2.24) is 4.90 Å². The molecular formula is C14H17F3N2O. The molecule has 1 aliphatic carbocycles. The first kappa shape index (κ1) is 14.8. The summed E-state index contributed by atoms with van der Waals surface area (Å²) in [6.45, 7) is 0.785. The highest BCUT2D eigenvalue weighted by molar-refractivity contribution is 5.94. The maximum atomic E-state index is 12.5. The molecule has 0 unspecified atom stereocenters. The lowest BCUT2D eigenvalue weighted by atomic mass is 9.91. The summed E-state index contributed by atoms with van der Waals surface area (Å²) in [5, 5.41) is 0. The highest BCUT2D eigenvalue weighted by Gasteiger charge is 2.32. The first-order valence-electron chi connectivity index (χ1n) is 6.62. The van der Waals surface area contributed by atoms with Crippen LogP contribution < -0.4 is 5.73 Å². The molecule has 1 saturated carbocycles. The number of carbonyl (C=O) groups is 1. The van der Waals surface area contributed by atoms with Gasteiger partial charge in [0.15, 0.2) is 0 Å². The normalized spacial score (nSPS) is 15.8. The number of benzene rings is 1. The molecule has 0 saturated heterocycles. The van der Waals surface area contributed by atoms with Crippen molar-refractivity contribution in [3.63, 3.8) is 0 Å². The standard InChI is InChI=1S/C14H17F3N2O/c15-14(16,17)11-6-4-10(5-7-11)13(20)19(9-8-18)12-2-1-3-12/h4-7,12H,1-3,8-9,18H2. The largest absolute Gasteiger partial charge is 0.416 e. The lowest BCUT2D eigenvalue weighted by Crippen LogP contribution is -2.46. The average molecular weight is 286 g/mol. The molecule has 1 amide bonds. The summed E-state index contributed by atoms with van der Waals surface area (Å²) in [7, 11) is 0. The van der Waals surface area contributed by atoms with Gasteiger partial charge in [0.2, 0.25) is 0 Å². The van der Waals surface area contributed by atoms with Crippen molar-refractivity contribution in [1.29, 1.82) is 0 Å². The molecule has 1 aliphatic rings. The zero-order valence-corrected chi connectivity index (χ0v) is 11.0. The van der Waals surface area contributed by atoms with Gasteiger partial charge in [0.25, 0.3) is 5.91 Å². The van der Waals surface area contributed by atoms with Crippen LogP contribution in [0, 0.1) is 0 Å². The maximum absolute atomic E-state index is 12.5. The van der Waals surface area contributed by atoms with Gasteiger partial charge in [-0.05, 0) is 43.5 Å². The number of rotatable bonds is 4. The van der Waals surface area contributed by atoms with Gasteiger partial charge in [-0.3, -0.25) is 4.79 Å². The van der Waals surface area contributed by atoms with Crippen LogP contribution in [0.15, 0.2) is 24.3 Å². The zero-order valence-electron chi connectivity index (χ0n) is 11.0. The number of halogens is 3. The second-order valence-electron chi connectivity index (χ2n) is 4.95.